The summed E-state index contributed by atoms with van der Waals surface area (Å²) in [5.74, 6) is 0.948. The quantitative estimate of drug-likeness (QED) is 0.923. The zero-order valence-corrected chi connectivity index (χ0v) is 10.8. The molecule has 1 aliphatic heterocycles. The highest BCUT2D eigenvalue weighted by Gasteiger charge is 2.19. The lowest BCUT2D eigenvalue weighted by Crippen LogP contribution is -2.25. The SMILES string of the molecule is O=C(NCc1cccnc1)c1cccc2c1OCCO2. The van der Waals surface area contributed by atoms with Crippen molar-refractivity contribution in [2.45, 2.75) is 6.54 Å². The molecule has 1 N–H and O–H groups in total. The molecule has 1 aromatic carbocycles. The van der Waals surface area contributed by atoms with Crippen LogP contribution in [0.25, 0.3) is 0 Å². The van der Waals surface area contributed by atoms with Crippen molar-refractivity contribution >= 4 is 5.91 Å². The van der Waals surface area contributed by atoms with E-state index in [9.17, 15) is 4.79 Å². The Labute approximate surface area is 116 Å². The van der Waals surface area contributed by atoms with Gasteiger partial charge in [0.25, 0.3) is 5.91 Å². The topological polar surface area (TPSA) is 60.5 Å². The molecule has 0 spiro atoms. The lowest BCUT2D eigenvalue weighted by atomic mass is 10.1. The molecule has 0 saturated carbocycles. The van der Waals surface area contributed by atoms with E-state index in [1.54, 1.807) is 30.6 Å². The third kappa shape index (κ3) is 2.56. The van der Waals surface area contributed by atoms with Gasteiger partial charge in [0, 0.05) is 18.9 Å². The number of hydrogen-bond donors (Lipinski definition) is 1. The van der Waals surface area contributed by atoms with E-state index in [0.29, 0.717) is 36.8 Å². The van der Waals surface area contributed by atoms with Gasteiger partial charge in [-0.05, 0) is 23.8 Å². The van der Waals surface area contributed by atoms with Gasteiger partial charge in [-0.3, -0.25) is 9.78 Å². The fourth-order valence-electron chi connectivity index (χ4n) is 2.03. The summed E-state index contributed by atoms with van der Waals surface area (Å²) in [5, 5.41) is 2.85. The first-order chi connectivity index (χ1) is 9.84. The molecule has 0 saturated heterocycles. The highest BCUT2D eigenvalue weighted by molar-refractivity contribution is 5.97. The molecule has 3 rings (SSSR count). The standard InChI is InChI=1S/C15H14N2O3/c18-15(17-10-11-3-2-6-16-9-11)12-4-1-5-13-14(12)20-8-7-19-13/h1-6,9H,7-8,10H2,(H,17,18). The predicted octanol–water partition coefficient (Wildman–Crippen LogP) is 1.78. The van der Waals surface area contributed by atoms with Crippen molar-refractivity contribution in [3.05, 3.63) is 53.9 Å². The molecule has 0 atom stereocenters. The largest absolute Gasteiger partial charge is 0.486 e. The van der Waals surface area contributed by atoms with Crippen molar-refractivity contribution < 1.29 is 14.3 Å². The van der Waals surface area contributed by atoms with Crippen LogP contribution in [-0.4, -0.2) is 24.1 Å². The molecule has 5 heteroatoms. The Morgan fingerprint density at radius 1 is 1.20 bits per heavy atom. The van der Waals surface area contributed by atoms with Crippen LogP contribution in [0.1, 0.15) is 15.9 Å². The van der Waals surface area contributed by atoms with E-state index in [4.69, 9.17) is 9.47 Å². The Morgan fingerprint density at radius 2 is 2.10 bits per heavy atom. The van der Waals surface area contributed by atoms with E-state index in [1.807, 2.05) is 12.1 Å². The number of hydrogen-bond acceptors (Lipinski definition) is 4. The second-order valence-electron chi connectivity index (χ2n) is 4.37. The van der Waals surface area contributed by atoms with Gasteiger partial charge < -0.3 is 14.8 Å². The van der Waals surface area contributed by atoms with Crippen LogP contribution in [0, 0.1) is 0 Å². The maximum atomic E-state index is 12.2. The zero-order chi connectivity index (χ0) is 13.8. The van der Waals surface area contributed by atoms with Crippen LogP contribution in [0.3, 0.4) is 0 Å². The molecule has 102 valence electrons. The normalized spacial score (nSPS) is 12.8. The molecule has 2 heterocycles. The molecule has 1 aromatic heterocycles. The number of nitrogens with one attached hydrogen (secondary N) is 1. The number of carbonyl (C=O) groups excluding carboxylic acids is 1. The average Bonchev–Trinajstić information content (AvgIpc) is 2.53. The summed E-state index contributed by atoms with van der Waals surface area (Å²) < 4.78 is 11.0. The fraction of sp³-hybridized carbons (Fsp3) is 0.200. The maximum Gasteiger partial charge on any atom is 0.255 e. The Hall–Kier alpha value is -2.56. The average molecular weight is 270 g/mol. The van der Waals surface area contributed by atoms with Crippen LogP contribution in [0.2, 0.25) is 0 Å². The molecular formula is C15H14N2O3. The first-order valence-corrected chi connectivity index (χ1v) is 6.40. The van der Waals surface area contributed by atoms with Gasteiger partial charge in [0.15, 0.2) is 11.5 Å². The summed E-state index contributed by atoms with van der Waals surface area (Å²) in [4.78, 5) is 16.2. The van der Waals surface area contributed by atoms with E-state index in [2.05, 4.69) is 10.3 Å². The van der Waals surface area contributed by atoms with Crippen molar-refractivity contribution in [1.82, 2.24) is 10.3 Å². The van der Waals surface area contributed by atoms with Crippen LogP contribution in [-0.2, 0) is 6.54 Å². The molecular weight excluding hydrogens is 256 g/mol. The number of aromatic nitrogens is 1. The fourth-order valence-corrected chi connectivity index (χ4v) is 2.03. The number of fused-ring (bicyclic) bond motifs is 1. The van der Waals surface area contributed by atoms with Gasteiger partial charge in [0.05, 0.1) is 5.56 Å². The van der Waals surface area contributed by atoms with Crippen LogP contribution in [0.15, 0.2) is 42.7 Å². The summed E-state index contributed by atoms with van der Waals surface area (Å²) in [5.41, 5.74) is 1.44. The number of carbonyl (C=O) groups is 1. The van der Waals surface area contributed by atoms with Crippen LogP contribution < -0.4 is 14.8 Å². The predicted molar refractivity (Wildman–Crippen MR) is 72.8 cm³/mol. The first kappa shape index (κ1) is 12.5. The van der Waals surface area contributed by atoms with E-state index in [-0.39, 0.29) is 5.91 Å². The minimum Gasteiger partial charge on any atom is -0.486 e. The van der Waals surface area contributed by atoms with Crippen LogP contribution in [0.5, 0.6) is 11.5 Å². The van der Waals surface area contributed by atoms with Gasteiger partial charge in [-0.15, -0.1) is 0 Å². The van der Waals surface area contributed by atoms with Gasteiger partial charge in [0.2, 0.25) is 0 Å². The summed E-state index contributed by atoms with van der Waals surface area (Å²) in [6.07, 6.45) is 3.42. The number of pyridine rings is 1. The first-order valence-electron chi connectivity index (χ1n) is 6.40. The second kappa shape index (κ2) is 5.61. The molecule has 2 aromatic rings. The Morgan fingerprint density at radius 3 is 2.95 bits per heavy atom. The summed E-state index contributed by atoms with van der Waals surface area (Å²) in [6.45, 7) is 1.39. The third-order valence-electron chi connectivity index (χ3n) is 2.99. The van der Waals surface area contributed by atoms with Gasteiger partial charge in [-0.2, -0.15) is 0 Å². The molecule has 0 unspecified atom stereocenters. The highest BCUT2D eigenvalue weighted by atomic mass is 16.6. The maximum absolute atomic E-state index is 12.2. The van der Waals surface area contributed by atoms with Crippen LogP contribution >= 0.6 is 0 Å². The van der Waals surface area contributed by atoms with Crippen molar-refractivity contribution in [2.24, 2.45) is 0 Å². The second-order valence-corrected chi connectivity index (χ2v) is 4.37. The van der Waals surface area contributed by atoms with E-state index < -0.39 is 0 Å². The van der Waals surface area contributed by atoms with Gasteiger partial charge >= 0.3 is 0 Å². The van der Waals surface area contributed by atoms with Crippen molar-refractivity contribution in [3.63, 3.8) is 0 Å². The molecule has 1 amide bonds. The van der Waals surface area contributed by atoms with Gasteiger partial charge in [-0.25, -0.2) is 0 Å². The smallest absolute Gasteiger partial charge is 0.255 e. The van der Waals surface area contributed by atoms with E-state index >= 15 is 0 Å². The number of benzene rings is 1. The molecule has 20 heavy (non-hydrogen) atoms. The molecule has 0 bridgehead atoms. The minimum absolute atomic E-state index is 0.184. The molecule has 0 radical (unpaired) electrons. The van der Waals surface area contributed by atoms with Crippen molar-refractivity contribution in [3.8, 4) is 11.5 Å². The monoisotopic (exact) mass is 270 g/mol. The number of amides is 1. The van der Waals surface area contributed by atoms with Crippen molar-refractivity contribution in [2.75, 3.05) is 13.2 Å². The number of para-hydroxylation sites is 1. The zero-order valence-electron chi connectivity index (χ0n) is 10.8. The van der Waals surface area contributed by atoms with E-state index in [0.717, 1.165) is 5.56 Å². The van der Waals surface area contributed by atoms with Crippen molar-refractivity contribution in [1.29, 1.82) is 0 Å². The molecule has 1 aliphatic rings. The lowest BCUT2D eigenvalue weighted by Gasteiger charge is -2.20. The Balaban J connectivity index is 1.74. The highest BCUT2D eigenvalue weighted by Crippen LogP contribution is 2.33. The van der Waals surface area contributed by atoms with Gasteiger partial charge in [0.1, 0.15) is 13.2 Å². The van der Waals surface area contributed by atoms with E-state index in [1.165, 1.54) is 0 Å². The summed E-state index contributed by atoms with van der Waals surface area (Å²) in [6, 6.07) is 9.06. The minimum atomic E-state index is -0.184. The third-order valence-corrected chi connectivity index (χ3v) is 2.99. The summed E-state index contributed by atoms with van der Waals surface area (Å²) >= 11 is 0. The number of ether oxygens (including phenoxy) is 2. The Bertz CT molecular complexity index is 614. The molecule has 5 nitrogen and oxygen atoms in total. The molecule has 0 fully saturated rings. The van der Waals surface area contributed by atoms with Gasteiger partial charge in [-0.1, -0.05) is 12.1 Å². The molecule has 0 aliphatic carbocycles. The number of rotatable bonds is 3. The lowest BCUT2D eigenvalue weighted by molar-refractivity contribution is 0.0939. The van der Waals surface area contributed by atoms with Crippen LogP contribution in [0.4, 0.5) is 0 Å². The number of nitrogens with zero attached hydrogens (tertiary/aromatic N) is 1. The summed E-state index contributed by atoms with van der Waals surface area (Å²) in [7, 11) is 0. The Kier molecular flexibility index (Phi) is 3.50.